The van der Waals surface area contributed by atoms with E-state index in [9.17, 15) is 0 Å². The SMILES string of the molecule is CC[C@@H](Cc1ccccc1)N[C@@H](C)c1ccccc1. The normalized spacial score (nSPS) is 14.0. The van der Waals surface area contributed by atoms with Crippen molar-refractivity contribution in [1.82, 2.24) is 5.32 Å². The fraction of sp³-hybridized carbons (Fsp3) is 0.333. The molecule has 2 aromatic rings. The lowest BCUT2D eigenvalue weighted by molar-refractivity contribution is 0.440. The van der Waals surface area contributed by atoms with Gasteiger partial charge in [0.25, 0.3) is 0 Å². The van der Waals surface area contributed by atoms with Crippen molar-refractivity contribution in [3.8, 4) is 0 Å². The molecule has 0 saturated carbocycles. The molecule has 0 unspecified atom stereocenters. The Morgan fingerprint density at radius 3 is 2.05 bits per heavy atom. The Balaban J connectivity index is 1.96. The van der Waals surface area contributed by atoms with Crippen molar-refractivity contribution in [1.29, 1.82) is 0 Å². The summed E-state index contributed by atoms with van der Waals surface area (Å²) in [5.41, 5.74) is 2.76. The van der Waals surface area contributed by atoms with Gasteiger partial charge < -0.3 is 5.32 Å². The summed E-state index contributed by atoms with van der Waals surface area (Å²) in [6.45, 7) is 4.49. The average Bonchev–Trinajstić information content (AvgIpc) is 2.48. The van der Waals surface area contributed by atoms with E-state index in [1.165, 1.54) is 11.1 Å². The van der Waals surface area contributed by atoms with Gasteiger partial charge in [-0.05, 0) is 30.9 Å². The molecule has 1 heteroatoms. The van der Waals surface area contributed by atoms with Gasteiger partial charge in [-0.3, -0.25) is 0 Å². The fourth-order valence-electron chi connectivity index (χ4n) is 2.41. The molecular weight excluding hydrogens is 230 g/mol. The van der Waals surface area contributed by atoms with Gasteiger partial charge in [-0.1, -0.05) is 67.6 Å². The van der Waals surface area contributed by atoms with Crippen LogP contribution in [0.15, 0.2) is 60.7 Å². The highest BCUT2D eigenvalue weighted by Gasteiger charge is 2.12. The molecule has 1 N–H and O–H groups in total. The molecule has 0 fully saturated rings. The molecule has 2 aromatic carbocycles. The second kappa shape index (κ2) is 7.10. The zero-order valence-electron chi connectivity index (χ0n) is 11.8. The summed E-state index contributed by atoms with van der Waals surface area (Å²) in [7, 11) is 0. The minimum Gasteiger partial charge on any atom is -0.307 e. The van der Waals surface area contributed by atoms with E-state index in [-0.39, 0.29) is 0 Å². The van der Waals surface area contributed by atoms with Crippen LogP contribution >= 0.6 is 0 Å². The molecule has 0 heterocycles. The van der Waals surface area contributed by atoms with Gasteiger partial charge in [-0.25, -0.2) is 0 Å². The Hall–Kier alpha value is -1.60. The average molecular weight is 253 g/mol. The van der Waals surface area contributed by atoms with Crippen LogP contribution in [-0.2, 0) is 6.42 Å². The third-order valence-corrected chi connectivity index (χ3v) is 3.60. The Morgan fingerprint density at radius 2 is 1.47 bits per heavy atom. The molecule has 0 aromatic heterocycles. The lowest BCUT2D eigenvalue weighted by Crippen LogP contribution is -2.32. The largest absolute Gasteiger partial charge is 0.307 e. The van der Waals surface area contributed by atoms with Crippen molar-refractivity contribution < 1.29 is 0 Å². The Kier molecular flexibility index (Phi) is 5.17. The molecule has 1 nitrogen and oxygen atoms in total. The first-order chi connectivity index (χ1) is 9.29. The number of rotatable bonds is 6. The van der Waals surface area contributed by atoms with Gasteiger partial charge in [0, 0.05) is 12.1 Å². The summed E-state index contributed by atoms with van der Waals surface area (Å²) in [4.78, 5) is 0. The Morgan fingerprint density at radius 1 is 0.895 bits per heavy atom. The molecule has 0 aliphatic rings. The number of benzene rings is 2. The van der Waals surface area contributed by atoms with Crippen molar-refractivity contribution in [3.63, 3.8) is 0 Å². The van der Waals surface area contributed by atoms with Gasteiger partial charge in [0.2, 0.25) is 0 Å². The smallest absolute Gasteiger partial charge is 0.0294 e. The van der Waals surface area contributed by atoms with E-state index >= 15 is 0 Å². The van der Waals surface area contributed by atoms with Gasteiger partial charge in [-0.15, -0.1) is 0 Å². The topological polar surface area (TPSA) is 12.0 Å². The maximum atomic E-state index is 3.73. The third kappa shape index (κ3) is 4.22. The maximum Gasteiger partial charge on any atom is 0.0294 e. The van der Waals surface area contributed by atoms with Crippen molar-refractivity contribution in [2.75, 3.05) is 0 Å². The highest BCUT2D eigenvalue weighted by Crippen LogP contribution is 2.14. The summed E-state index contributed by atoms with van der Waals surface area (Å²) < 4.78 is 0. The highest BCUT2D eigenvalue weighted by molar-refractivity contribution is 5.19. The third-order valence-electron chi connectivity index (χ3n) is 3.60. The minimum absolute atomic E-state index is 0.398. The molecule has 0 bridgehead atoms. The van der Waals surface area contributed by atoms with E-state index < -0.39 is 0 Å². The van der Waals surface area contributed by atoms with Crippen LogP contribution in [0.4, 0.5) is 0 Å². The fourth-order valence-corrected chi connectivity index (χ4v) is 2.41. The number of hydrogen-bond acceptors (Lipinski definition) is 1. The van der Waals surface area contributed by atoms with Crippen LogP contribution in [0.25, 0.3) is 0 Å². The molecule has 0 aliphatic heterocycles. The highest BCUT2D eigenvalue weighted by atomic mass is 14.9. The summed E-state index contributed by atoms with van der Waals surface area (Å²) in [5.74, 6) is 0. The van der Waals surface area contributed by atoms with Crippen molar-refractivity contribution in [3.05, 3.63) is 71.8 Å². The minimum atomic E-state index is 0.398. The van der Waals surface area contributed by atoms with Crippen LogP contribution in [0, 0.1) is 0 Å². The van der Waals surface area contributed by atoms with E-state index in [1.54, 1.807) is 0 Å². The molecule has 0 amide bonds. The molecule has 0 aliphatic carbocycles. The quantitative estimate of drug-likeness (QED) is 0.806. The van der Waals surface area contributed by atoms with E-state index in [1.807, 2.05) is 0 Å². The second-order valence-electron chi connectivity index (χ2n) is 5.09. The molecule has 2 rings (SSSR count). The van der Waals surface area contributed by atoms with E-state index in [0.717, 1.165) is 12.8 Å². The predicted octanol–water partition coefficient (Wildman–Crippen LogP) is 4.36. The van der Waals surface area contributed by atoms with Gasteiger partial charge in [0.1, 0.15) is 0 Å². The Bertz CT molecular complexity index is 464. The zero-order valence-corrected chi connectivity index (χ0v) is 11.8. The van der Waals surface area contributed by atoms with Crippen LogP contribution in [-0.4, -0.2) is 6.04 Å². The van der Waals surface area contributed by atoms with Crippen LogP contribution in [0.3, 0.4) is 0 Å². The molecular formula is C18H23N. The van der Waals surface area contributed by atoms with E-state index in [2.05, 4.69) is 79.8 Å². The lowest BCUT2D eigenvalue weighted by Gasteiger charge is -2.22. The Labute approximate surface area is 116 Å². The molecule has 19 heavy (non-hydrogen) atoms. The van der Waals surface area contributed by atoms with E-state index in [4.69, 9.17) is 0 Å². The first kappa shape index (κ1) is 13.8. The predicted molar refractivity (Wildman–Crippen MR) is 82.2 cm³/mol. The van der Waals surface area contributed by atoms with Gasteiger partial charge in [0.05, 0.1) is 0 Å². The van der Waals surface area contributed by atoms with Crippen LogP contribution < -0.4 is 5.32 Å². The first-order valence-electron chi connectivity index (χ1n) is 7.14. The van der Waals surface area contributed by atoms with Crippen molar-refractivity contribution in [2.24, 2.45) is 0 Å². The maximum absolute atomic E-state index is 3.73. The summed E-state index contributed by atoms with van der Waals surface area (Å²) in [5, 5.41) is 3.73. The van der Waals surface area contributed by atoms with Crippen LogP contribution in [0.5, 0.6) is 0 Å². The van der Waals surface area contributed by atoms with Gasteiger partial charge in [-0.2, -0.15) is 0 Å². The van der Waals surface area contributed by atoms with Crippen molar-refractivity contribution in [2.45, 2.75) is 38.8 Å². The van der Waals surface area contributed by atoms with Crippen molar-refractivity contribution >= 4 is 0 Å². The number of nitrogens with one attached hydrogen (secondary N) is 1. The molecule has 2 atom stereocenters. The van der Waals surface area contributed by atoms with Gasteiger partial charge in [0.15, 0.2) is 0 Å². The number of hydrogen-bond donors (Lipinski definition) is 1. The summed E-state index contributed by atoms with van der Waals surface area (Å²) in [6.07, 6.45) is 2.24. The van der Waals surface area contributed by atoms with Gasteiger partial charge >= 0.3 is 0 Å². The lowest BCUT2D eigenvalue weighted by atomic mass is 10.0. The standard InChI is InChI=1S/C18H23N/c1-3-18(14-16-10-6-4-7-11-16)19-15(2)17-12-8-5-9-13-17/h4-13,15,18-19H,3,14H2,1-2H3/t15-,18-/m0/s1. The second-order valence-corrected chi connectivity index (χ2v) is 5.09. The summed E-state index contributed by atoms with van der Waals surface area (Å²) in [6, 6.07) is 22.3. The van der Waals surface area contributed by atoms with E-state index in [0.29, 0.717) is 12.1 Å². The molecule has 0 radical (unpaired) electrons. The summed E-state index contributed by atoms with van der Waals surface area (Å²) >= 11 is 0. The monoisotopic (exact) mass is 253 g/mol. The van der Waals surface area contributed by atoms with Crippen LogP contribution in [0.2, 0.25) is 0 Å². The molecule has 0 spiro atoms. The first-order valence-corrected chi connectivity index (χ1v) is 7.14. The molecule has 0 saturated heterocycles. The zero-order chi connectivity index (χ0) is 13.5. The van der Waals surface area contributed by atoms with Crippen LogP contribution in [0.1, 0.15) is 37.4 Å². The molecule has 100 valence electrons.